The molecule has 78 valence electrons. The van der Waals surface area contributed by atoms with E-state index >= 15 is 0 Å². The van der Waals surface area contributed by atoms with Gasteiger partial charge in [-0.2, -0.15) is 0 Å². The molecular weight excluding hydrogens is 190 g/mol. The minimum atomic E-state index is -3.52. The standard InChI is InChI=1S/C8H17NO3S/c1-4-5-7(2)8(6-12-3)13(9,10)11/h4,7-8H,1,5-6H2,2-3H3,(H2,9,10,11). The summed E-state index contributed by atoms with van der Waals surface area (Å²) >= 11 is 0. The molecule has 4 nitrogen and oxygen atoms in total. The second-order valence-corrected chi connectivity index (χ2v) is 4.87. The lowest BCUT2D eigenvalue weighted by atomic mass is 10.0. The van der Waals surface area contributed by atoms with Crippen molar-refractivity contribution in [2.24, 2.45) is 11.1 Å². The number of rotatable bonds is 6. The third-order valence-corrected chi connectivity index (χ3v) is 3.37. The molecule has 2 N–H and O–H groups in total. The number of primary sulfonamides is 1. The third kappa shape index (κ3) is 4.40. The molecule has 0 aromatic rings. The minimum Gasteiger partial charge on any atom is -0.383 e. The molecule has 0 aromatic carbocycles. The highest BCUT2D eigenvalue weighted by Gasteiger charge is 2.26. The molecule has 0 saturated carbocycles. The molecule has 2 atom stereocenters. The minimum absolute atomic E-state index is 0.0625. The van der Waals surface area contributed by atoms with Crippen LogP contribution in [0.5, 0.6) is 0 Å². The van der Waals surface area contributed by atoms with Crippen molar-refractivity contribution in [1.29, 1.82) is 0 Å². The Kier molecular flexibility index (Phi) is 5.20. The average molecular weight is 207 g/mol. The van der Waals surface area contributed by atoms with E-state index in [1.54, 1.807) is 6.08 Å². The Bertz CT molecular complexity index is 248. The first-order chi connectivity index (χ1) is 5.93. The molecule has 0 aliphatic heterocycles. The fourth-order valence-corrected chi connectivity index (χ4v) is 2.25. The Hall–Kier alpha value is -0.390. The summed E-state index contributed by atoms with van der Waals surface area (Å²) in [5.41, 5.74) is 0. The second kappa shape index (κ2) is 5.36. The fourth-order valence-electron chi connectivity index (χ4n) is 1.16. The molecule has 0 aliphatic rings. The SMILES string of the molecule is C=CCC(C)C(COC)S(N)(=O)=O. The molecule has 0 heterocycles. The van der Waals surface area contributed by atoms with Crippen LogP contribution in [0.1, 0.15) is 13.3 Å². The highest BCUT2D eigenvalue weighted by Crippen LogP contribution is 2.14. The van der Waals surface area contributed by atoms with Crippen LogP contribution in [0.4, 0.5) is 0 Å². The molecular formula is C8H17NO3S. The van der Waals surface area contributed by atoms with Crippen LogP contribution in [-0.2, 0) is 14.8 Å². The first kappa shape index (κ1) is 12.6. The van der Waals surface area contributed by atoms with Gasteiger partial charge in [-0.25, -0.2) is 13.6 Å². The van der Waals surface area contributed by atoms with Crippen molar-refractivity contribution < 1.29 is 13.2 Å². The van der Waals surface area contributed by atoms with Gasteiger partial charge in [0.05, 0.1) is 6.61 Å². The third-order valence-electron chi connectivity index (χ3n) is 1.93. The fraction of sp³-hybridized carbons (Fsp3) is 0.750. The van der Waals surface area contributed by atoms with Crippen molar-refractivity contribution in [3.05, 3.63) is 12.7 Å². The summed E-state index contributed by atoms with van der Waals surface area (Å²) in [6.07, 6.45) is 2.29. The summed E-state index contributed by atoms with van der Waals surface area (Å²) in [6.45, 7) is 5.50. The van der Waals surface area contributed by atoms with Crippen LogP contribution >= 0.6 is 0 Å². The lowest BCUT2D eigenvalue weighted by molar-refractivity contribution is 0.182. The van der Waals surface area contributed by atoms with Gasteiger partial charge in [0, 0.05) is 7.11 Å². The predicted octanol–water partition coefficient (Wildman–Crippen LogP) is 0.502. The molecule has 2 unspecified atom stereocenters. The molecule has 0 spiro atoms. The summed E-state index contributed by atoms with van der Waals surface area (Å²) in [5, 5.41) is 4.41. The van der Waals surface area contributed by atoms with Gasteiger partial charge in [-0.3, -0.25) is 0 Å². The first-order valence-electron chi connectivity index (χ1n) is 4.05. The van der Waals surface area contributed by atoms with E-state index in [-0.39, 0.29) is 12.5 Å². The zero-order valence-electron chi connectivity index (χ0n) is 8.06. The van der Waals surface area contributed by atoms with Gasteiger partial charge >= 0.3 is 0 Å². The Morgan fingerprint density at radius 2 is 2.15 bits per heavy atom. The maximum Gasteiger partial charge on any atom is 0.214 e. The van der Waals surface area contributed by atoms with E-state index in [4.69, 9.17) is 9.88 Å². The highest BCUT2D eigenvalue weighted by atomic mass is 32.2. The maximum absolute atomic E-state index is 11.1. The molecule has 0 saturated heterocycles. The van der Waals surface area contributed by atoms with Crippen LogP contribution in [0, 0.1) is 5.92 Å². The molecule has 13 heavy (non-hydrogen) atoms. The summed E-state index contributed by atoms with van der Waals surface area (Å²) in [7, 11) is -2.06. The molecule has 0 bridgehead atoms. The van der Waals surface area contributed by atoms with Crippen molar-refractivity contribution in [2.75, 3.05) is 13.7 Å². The van der Waals surface area contributed by atoms with E-state index in [0.717, 1.165) is 0 Å². The van der Waals surface area contributed by atoms with Crippen molar-refractivity contribution >= 4 is 10.0 Å². The number of hydrogen-bond acceptors (Lipinski definition) is 3. The molecule has 0 fully saturated rings. The summed E-state index contributed by atoms with van der Waals surface area (Å²) in [4.78, 5) is 0. The largest absolute Gasteiger partial charge is 0.383 e. The van der Waals surface area contributed by atoms with E-state index in [1.165, 1.54) is 7.11 Å². The number of allylic oxidation sites excluding steroid dienone is 1. The smallest absolute Gasteiger partial charge is 0.214 e. The van der Waals surface area contributed by atoms with Gasteiger partial charge in [-0.15, -0.1) is 6.58 Å². The van der Waals surface area contributed by atoms with E-state index in [1.807, 2.05) is 6.92 Å². The zero-order chi connectivity index (χ0) is 10.5. The Morgan fingerprint density at radius 1 is 1.62 bits per heavy atom. The molecule has 0 rings (SSSR count). The molecule has 5 heteroatoms. The van der Waals surface area contributed by atoms with Gasteiger partial charge < -0.3 is 4.74 Å². The van der Waals surface area contributed by atoms with Crippen LogP contribution in [-0.4, -0.2) is 27.4 Å². The van der Waals surface area contributed by atoms with Gasteiger partial charge in [0.15, 0.2) is 0 Å². The van der Waals surface area contributed by atoms with Crippen molar-refractivity contribution in [3.8, 4) is 0 Å². The summed E-state index contributed by atoms with van der Waals surface area (Å²) < 4.78 is 27.0. The number of nitrogens with two attached hydrogens (primary N) is 1. The number of hydrogen-bond donors (Lipinski definition) is 1. The Balaban J connectivity index is 4.50. The van der Waals surface area contributed by atoms with E-state index < -0.39 is 15.3 Å². The first-order valence-corrected chi connectivity index (χ1v) is 5.65. The van der Waals surface area contributed by atoms with Gasteiger partial charge in [0.2, 0.25) is 10.0 Å². The van der Waals surface area contributed by atoms with Gasteiger partial charge in [0.1, 0.15) is 5.25 Å². The van der Waals surface area contributed by atoms with Gasteiger partial charge in [-0.1, -0.05) is 13.0 Å². The van der Waals surface area contributed by atoms with Crippen molar-refractivity contribution in [3.63, 3.8) is 0 Å². The number of ether oxygens (including phenoxy) is 1. The quantitative estimate of drug-likeness (QED) is 0.645. The molecule has 0 aliphatic carbocycles. The summed E-state index contributed by atoms with van der Waals surface area (Å²) in [6, 6.07) is 0. The molecule has 0 aromatic heterocycles. The normalized spacial score (nSPS) is 16.5. The topological polar surface area (TPSA) is 69.4 Å². The monoisotopic (exact) mass is 207 g/mol. The van der Waals surface area contributed by atoms with E-state index in [2.05, 4.69) is 6.58 Å². The van der Waals surface area contributed by atoms with E-state index in [9.17, 15) is 8.42 Å². The van der Waals surface area contributed by atoms with Crippen LogP contribution in [0.25, 0.3) is 0 Å². The van der Waals surface area contributed by atoms with Gasteiger partial charge in [-0.05, 0) is 12.3 Å². The number of methoxy groups -OCH3 is 1. The average Bonchev–Trinajstić information content (AvgIpc) is 1.98. The Labute approximate surface area is 79.8 Å². The van der Waals surface area contributed by atoms with Crippen LogP contribution in [0.3, 0.4) is 0 Å². The van der Waals surface area contributed by atoms with Crippen LogP contribution < -0.4 is 5.14 Å². The van der Waals surface area contributed by atoms with Crippen LogP contribution in [0.15, 0.2) is 12.7 Å². The van der Waals surface area contributed by atoms with Gasteiger partial charge in [0.25, 0.3) is 0 Å². The maximum atomic E-state index is 11.1. The highest BCUT2D eigenvalue weighted by molar-refractivity contribution is 7.89. The summed E-state index contributed by atoms with van der Waals surface area (Å²) in [5.74, 6) is -0.0625. The lowest BCUT2D eigenvalue weighted by Gasteiger charge is -2.19. The Morgan fingerprint density at radius 3 is 2.46 bits per heavy atom. The molecule has 0 radical (unpaired) electrons. The second-order valence-electron chi connectivity index (χ2n) is 3.08. The number of sulfonamides is 1. The van der Waals surface area contributed by atoms with Crippen molar-refractivity contribution in [2.45, 2.75) is 18.6 Å². The van der Waals surface area contributed by atoms with Crippen molar-refractivity contribution in [1.82, 2.24) is 0 Å². The van der Waals surface area contributed by atoms with E-state index in [0.29, 0.717) is 6.42 Å². The van der Waals surface area contributed by atoms with Crippen LogP contribution in [0.2, 0.25) is 0 Å². The zero-order valence-corrected chi connectivity index (χ0v) is 8.88. The lowest BCUT2D eigenvalue weighted by Crippen LogP contribution is -2.37. The predicted molar refractivity (Wildman–Crippen MR) is 52.7 cm³/mol. The molecule has 0 amide bonds.